The molecule has 3 rings (SSSR count). The van der Waals surface area contributed by atoms with Crippen LogP contribution in [0, 0.1) is 6.92 Å². The van der Waals surface area contributed by atoms with Crippen molar-refractivity contribution in [3.8, 4) is 0 Å². The van der Waals surface area contributed by atoms with E-state index in [0.29, 0.717) is 12.1 Å². The molecule has 1 N–H and O–H groups in total. The number of anilines is 1. The van der Waals surface area contributed by atoms with Gasteiger partial charge in [-0.3, -0.25) is 9.48 Å². The minimum absolute atomic E-state index is 0.101. The van der Waals surface area contributed by atoms with Gasteiger partial charge in [0, 0.05) is 23.6 Å². The number of carbonyl (C=O) groups is 1. The summed E-state index contributed by atoms with van der Waals surface area (Å²) in [5, 5.41) is 7.08. The number of aryl methyl sites for hydroxylation is 1. The Morgan fingerprint density at radius 1 is 1.14 bits per heavy atom. The maximum absolute atomic E-state index is 12.2. The van der Waals surface area contributed by atoms with Crippen LogP contribution in [0.4, 0.5) is 5.69 Å². The molecule has 1 amide bonds. The van der Waals surface area contributed by atoms with Crippen molar-refractivity contribution in [3.05, 3.63) is 83.7 Å². The van der Waals surface area contributed by atoms with Crippen molar-refractivity contribution < 1.29 is 4.79 Å². The van der Waals surface area contributed by atoms with Crippen molar-refractivity contribution in [2.45, 2.75) is 13.5 Å². The van der Waals surface area contributed by atoms with E-state index in [4.69, 9.17) is 0 Å². The molecule has 0 saturated heterocycles. The van der Waals surface area contributed by atoms with E-state index in [1.807, 2.05) is 72.4 Å². The van der Waals surface area contributed by atoms with E-state index >= 15 is 0 Å². The van der Waals surface area contributed by atoms with Gasteiger partial charge in [0.05, 0.1) is 6.54 Å². The third kappa shape index (κ3) is 3.41. The summed E-state index contributed by atoms with van der Waals surface area (Å²) in [5.41, 5.74) is 3.68. The SMILES string of the molecule is Cc1cccc(NC(=O)c2ccc(Cn3cccn3)cc2)c1. The molecular weight excluding hydrogens is 274 g/mol. The van der Waals surface area contributed by atoms with Gasteiger partial charge in [0.1, 0.15) is 0 Å². The van der Waals surface area contributed by atoms with E-state index in [1.165, 1.54) is 0 Å². The molecule has 4 heteroatoms. The van der Waals surface area contributed by atoms with Gasteiger partial charge in [-0.15, -0.1) is 0 Å². The summed E-state index contributed by atoms with van der Waals surface area (Å²) in [6.07, 6.45) is 3.67. The molecule has 0 atom stereocenters. The second-order valence-corrected chi connectivity index (χ2v) is 5.22. The molecule has 0 bridgehead atoms. The molecule has 0 spiro atoms. The molecule has 0 aliphatic heterocycles. The van der Waals surface area contributed by atoms with Crippen LogP contribution >= 0.6 is 0 Å². The molecule has 0 aliphatic rings. The number of carbonyl (C=O) groups excluding carboxylic acids is 1. The number of amides is 1. The highest BCUT2D eigenvalue weighted by Gasteiger charge is 2.06. The van der Waals surface area contributed by atoms with Gasteiger partial charge in [-0.1, -0.05) is 24.3 Å². The van der Waals surface area contributed by atoms with Gasteiger partial charge in [-0.05, 0) is 48.4 Å². The zero-order chi connectivity index (χ0) is 15.4. The summed E-state index contributed by atoms with van der Waals surface area (Å²) < 4.78 is 1.85. The van der Waals surface area contributed by atoms with E-state index in [-0.39, 0.29) is 5.91 Å². The van der Waals surface area contributed by atoms with Crippen LogP contribution in [0.15, 0.2) is 67.0 Å². The highest BCUT2D eigenvalue weighted by Crippen LogP contribution is 2.12. The normalized spacial score (nSPS) is 10.4. The highest BCUT2D eigenvalue weighted by atomic mass is 16.1. The average Bonchev–Trinajstić information content (AvgIpc) is 3.01. The van der Waals surface area contributed by atoms with E-state index in [9.17, 15) is 4.79 Å². The Labute approximate surface area is 129 Å². The fourth-order valence-corrected chi connectivity index (χ4v) is 2.27. The largest absolute Gasteiger partial charge is 0.322 e. The molecular formula is C18H17N3O. The standard InChI is InChI=1S/C18H17N3O/c1-14-4-2-5-17(12-14)20-18(22)16-8-6-15(7-9-16)13-21-11-3-10-19-21/h2-12H,13H2,1H3,(H,20,22). The average molecular weight is 291 g/mol. The molecule has 2 aromatic carbocycles. The molecule has 4 nitrogen and oxygen atoms in total. The number of hydrogen-bond acceptors (Lipinski definition) is 2. The summed E-state index contributed by atoms with van der Waals surface area (Å²) in [7, 11) is 0. The number of nitrogens with one attached hydrogen (secondary N) is 1. The van der Waals surface area contributed by atoms with Crippen LogP contribution in [-0.4, -0.2) is 15.7 Å². The lowest BCUT2D eigenvalue weighted by Gasteiger charge is -2.07. The van der Waals surface area contributed by atoms with Crippen LogP contribution < -0.4 is 5.32 Å². The van der Waals surface area contributed by atoms with Crippen LogP contribution in [0.2, 0.25) is 0 Å². The summed E-state index contributed by atoms with van der Waals surface area (Å²) in [6, 6.07) is 17.2. The van der Waals surface area contributed by atoms with E-state index in [1.54, 1.807) is 6.20 Å². The van der Waals surface area contributed by atoms with Crippen LogP contribution in [0.5, 0.6) is 0 Å². The molecule has 0 radical (unpaired) electrons. The number of aromatic nitrogens is 2. The lowest BCUT2D eigenvalue weighted by atomic mass is 10.1. The zero-order valence-electron chi connectivity index (χ0n) is 12.4. The molecule has 0 unspecified atom stereocenters. The van der Waals surface area contributed by atoms with Gasteiger partial charge < -0.3 is 5.32 Å². The van der Waals surface area contributed by atoms with Gasteiger partial charge in [-0.2, -0.15) is 5.10 Å². The molecule has 1 heterocycles. The fraction of sp³-hybridized carbons (Fsp3) is 0.111. The van der Waals surface area contributed by atoms with Gasteiger partial charge in [-0.25, -0.2) is 0 Å². The fourth-order valence-electron chi connectivity index (χ4n) is 2.27. The summed E-state index contributed by atoms with van der Waals surface area (Å²) in [4.78, 5) is 12.2. The maximum atomic E-state index is 12.2. The molecule has 1 aromatic heterocycles. The number of rotatable bonds is 4. The summed E-state index contributed by atoms with van der Waals surface area (Å²) in [5.74, 6) is -0.101. The second kappa shape index (κ2) is 6.26. The Morgan fingerprint density at radius 2 is 1.95 bits per heavy atom. The molecule has 3 aromatic rings. The van der Waals surface area contributed by atoms with Crippen LogP contribution in [0.3, 0.4) is 0 Å². The van der Waals surface area contributed by atoms with Crippen LogP contribution in [0.1, 0.15) is 21.5 Å². The third-order valence-corrected chi connectivity index (χ3v) is 3.40. The lowest BCUT2D eigenvalue weighted by Crippen LogP contribution is -2.12. The first-order valence-electron chi connectivity index (χ1n) is 7.15. The van der Waals surface area contributed by atoms with Crippen molar-refractivity contribution in [2.75, 3.05) is 5.32 Å². The number of hydrogen-bond donors (Lipinski definition) is 1. The molecule has 0 saturated carbocycles. The monoisotopic (exact) mass is 291 g/mol. The smallest absolute Gasteiger partial charge is 0.255 e. The lowest BCUT2D eigenvalue weighted by molar-refractivity contribution is 0.102. The van der Waals surface area contributed by atoms with Crippen LogP contribution in [-0.2, 0) is 6.54 Å². The Bertz CT molecular complexity index is 761. The Kier molecular flexibility index (Phi) is 4.01. The van der Waals surface area contributed by atoms with Crippen molar-refractivity contribution in [1.29, 1.82) is 0 Å². The van der Waals surface area contributed by atoms with E-state index in [2.05, 4.69) is 10.4 Å². The number of nitrogens with zero attached hydrogens (tertiary/aromatic N) is 2. The van der Waals surface area contributed by atoms with Crippen molar-refractivity contribution in [1.82, 2.24) is 9.78 Å². The predicted molar refractivity (Wildman–Crippen MR) is 86.9 cm³/mol. The van der Waals surface area contributed by atoms with Crippen LogP contribution in [0.25, 0.3) is 0 Å². The molecule has 0 fully saturated rings. The molecule has 22 heavy (non-hydrogen) atoms. The van der Waals surface area contributed by atoms with Gasteiger partial charge >= 0.3 is 0 Å². The summed E-state index contributed by atoms with van der Waals surface area (Å²) in [6.45, 7) is 2.70. The Balaban J connectivity index is 1.68. The second-order valence-electron chi connectivity index (χ2n) is 5.22. The van der Waals surface area contributed by atoms with Crippen molar-refractivity contribution in [2.24, 2.45) is 0 Å². The first-order chi connectivity index (χ1) is 10.7. The van der Waals surface area contributed by atoms with Crippen molar-refractivity contribution in [3.63, 3.8) is 0 Å². The Morgan fingerprint density at radius 3 is 2.64 bits per heavy atom. The quantitative estimate of drug-likeness (QED) is 0.800. The number of benzene rings is 2. The minimum Gasteiger partial charge on any atom is -0.322 e. The maximum Gasteiger partial charge on any atom is 0.255 e. The van der Waals surface area contributed by atoms with Crippen molar-refractivity contribution >= 4 is 11.6 Å². The third-order valence-electron chi connectivity index (χ3n) is 3.40. The van der Waals surface area contributed by atoms with E-state index < -0.39 is 0 Å². The molecule has 110 valence electrons. The van der Waals surface area contributed by atoms with Gasteiger partial charge in [0.2, 0.25) is 0 Å². The van der Waals surface area contributed by atoms with Gasteiger partial charge in [0.15, 0.2) is 0 Å². The Hall–Kier alpha value is -2.88. The first-order valence-corrected chi connectivity index (χ1v) is 7.15. The predicted octanol–water partition coefficient (Wildman–Crippen LogP) is 3.49. The first kappa shape index (κ1) is 14.1. The zero-order valence-corrected chi connectivity index (χ0v) is 12.4. The van der Waals surface area contributed by atoms with E-state index in [0.717, 1.165) is 16.8 Å². The molecule has 0 aliphatic carbocycles. The minimum atomic E-state index is -0.101. The highest BCUT2D eigenvalue weighted by molar-refractivity contribution is 6.04. The topological polar surface area (TPSA) is 46.9 Å². The summed E-state index contributed by atoms with van der Waals surface area (Å²) >= 11 is 0. The van der Waals surface area contributed by atoms with Gasteiger partial charge in [0.25, 0.3) is 5.91 Å².